The van der Waals surface area contributed by atoms with E-state index in [4.69, 9.17) is 43.0 Å². The minimum atomic E-state index is -0.719. The minimum absolute atomic E-state index is 0.0678. The Bertz CT molecular complexity index is 892. The van der Waals surface area contributed by atoms with Crippen molar-refractivity contribution in [3.05, 3.63) is 36.5 Å². The molecule has 0 radical (unpaired) electrons. The second-order valence-corrected chi connectivity index (χ2v) is 13.1. The number of unbranched alkanes of at least 4 members (excludes halogenated alkanes) is 1. The van der Waals surface area contributed by atoms with Gasteiger partial charge in [-0.1, -0.05) is 36.5 Å². The van der Waals surface area contributed by atoms with Crippen molar-refractivity contribution in [1.82, 2.24) is 0 Å². The molecule has 0 bridgehead atoms. The number of carbonyl (C=O) groups is 2. The fourth-order valence-electron chi connectivity index (χ4n) is 5.17. The van der Waals surface area contributed by atoms with E-state index in [0.717, 1.165) is 52.3 Å². The van der Waals surface area contributed by atoms with Crippen molar-refractivity contribution in [3.8, 4) is 0 Å². The molecule has 14 nitrogen and oxygen atoms in total. The van der Waals surface area contributed by atoms with E-state index in [-0.39, 0.29) is 25.4 Å². The van der Waals surface area contributed by atoms with Gasteiger partial charge in [0.25, 0.3) is 0 Å². The first-order valence-corrected chi connectivity index (χ1v) is 19.3. The normalized spacial score (nSPS) is 23.3. The lowest BCUT2D eigenvalue weighted by Gasteiger charge is -2.19. The van der Waals surface area contributed by atoms with Crippen molar-refractivity contribution in [1.29, 1.82) is 0 Å². The Hall–Kier alpha value is -1.92. The van der Waals surface area contributed by atoms with Crippen LogP contribution in [-0.2, 0) is 47.5 Å². The van der Waals surface area contributed by atoms with Crippen LogP contribution in [0.25, 0.3) is 0 Å². The number of carbonyl (C=O) groups excluding carboxylic acids is 2. The monoisotopic (exact) mass is 776 g/mol. The molecule has 8 unspecified atom stereocenters. The van der Waals surface area contributed by atoms with E-state index in [1.54, 1.807) is 14.2 Å². The molecule has 316 valence electrons. The van der Waals surface area contributed by atoms with Crippen LogP contribution in [0.15, 0.2) is 36.5 Å². The zero-order chi connectivity index (χ0) is 40.1. The van der Waals surface area contributed by atoms with Crippen molar-refractivity contribution in [3.63, 3.8) is 0 Å². The molecule has 14 heteroatoms. The van der Waals surface area contributed by atoms with Gasteiger partial charge in [-0.2, -0.15) is 0 Å². The lowest BCUT2D eigenvalue weighted by Crippen LogP contribution is -2.26. The molecule has 4 rings (SSSR count). The zero-order valence-electron chi connectivity index (χ0n) is 33.3. The van der Waals surface area contributed by atoms with Gasteiger partial charge in [-0.05, 0) is 70.6 Å². The number of allylic oxidation sites excluding steroid dienone is 3. The quantitative estimate of drug-likeness (QED) is 0.0512. The van der Waals surface area contributed by atoms with Crippen LogP contribution < -0.4 is 0 Å². The highest BCUT2D eigenvalue weighted by molar-refractivity contribution is 5.56. The summed E-state index contributed by atoms with van der Waals surface area (Å²) < 4.78 is 41.0. The Labute approximate surface area is 323 Å². The molecule has 1 fully saturated rings. The fraction of sp³-hybridized carbons (Fsp3) is 0.800. The minimum Gasteiger partial charge on any atom is -0.400 e. The number of aliphatic hydroxyl groups excluding tert-OH is 4. The molecule has 4 aliphatic rings. The molecule has 4 N–H and O–H groups in total. The molecule has 0 spiro atoms. The van der Waals surface area contributed by atoms with Crippen molar-refractivity contribution in [2.45, 2.75) is 126 Å². The summed E-state index contributed by atoms with van der Waals surface area (Å²) in [5, 5.41) is 34.9. The second kappa shape index (κ2) is 38.0. The SMILES string of the molecule is C1=CC(OCC2CO2)CCC1.CO.COCC(O)COC(C=O)CCCC=O.COCC(O)COC1C=CCCC1.COCC(O)COC1C=CCCC1. The summed E-state index contributed by atoms with van der Waals surface area (Å²) >= 11 is 0. The molecule has 0 amide bonds. The summed E-state index contributed by atoms with van der Waals surface area (Å²) in [6.07, 6.45) is 25.2. The van der Waals surface area contributed by atoms with Gasteiger partial charge in [0.05, 0.1) is 71.2 Å². The Kier molecular flexibility index (Phi) is 36.6. The lowest BCUT2D eigenvalue weighted by atomic mass is 10.1. The molecule has 8 atom stereocenters. The van der Waals surface area contributed by atoms with Crippen LogP contribution in [0.3, 0.4) is 0 Å². The van der Waals surface area contributed by atoms with Crippen LogP contribution >= 0.6 is 0 Å². The Morgan fingerprint density at radius 3 is 1.44 bits per heavy atom. The van der Waals surface area contributed by atoms with Gasteiger partial charge in [0.1, 0.15) is 43.1 Å². The number of ether oxygens (including phenoxy) is 8. The van der Waals surface area contributed by atoms with Crippen molar-refractivity contribution >= 4 is 12.6 Å². The third-order valence-electron chi connectivity index (χ3n) is 8.08. The number of hydrogen-bond acceptors (Lipinski definition) is 14. The van der Waals surface area contributed by atoms with Gasteiger partial charge in [0.15, 0.2) is 0 Å². The van der Waals surface area contributed by atoms with Crippen LogP contribution in [0.5, 0.6) is 0 Å². The second-order valence-electron chi connectivity index (χ2n) is 13.1. The van der Waals surface area contributed by atoms with E-state index in [2.05, 4.69) is 36.5 Å². The van der Waals surface area contributed by atoms with Crippen molar-refractivity contribution in [2.24, 2.45) is 0 Å². The maximum atomic E-state index is 10.5. The van der Waals surface area contributed by atoms with E-state index >= 15 is 0 Å². The van der Waals surface area contributed by atoms with Crippen molar-refractivity contribution < 1.29 is 67.9 Å². The number of aldehydes is 2. The third-order valence-corrected chi connectivity index (χ3v) is 8.08. The zero-order valence-corrected chi connectivity index (χ0v) is 33.3. The molecule has 0 aromatic carbocycles. The van der Waals surface area contributed by atoms with Crippen LogP contribution in [-0.4, -0.2) is 163 Å². The average Bonchev–Trinajstić information content (AvgIpc) is 4.05. The number of hydrogen-bond donors (Lipinski definition) is 4. The van der Waals surface area contributed by atoms with Crippen LogP contribution in [0, 0.1) is 0 Å². The Morgan fingerprint density at radius 1 is 0.667 bits per heavy atom. The molecule has 54 heavy (non-hydrogen) atoms. The molecule has 0 aromatic heterocycles. The number of aliphatic hydroxyl groups is 4. The standard InChI is InChI=1S/C10H18O5.2C10H18O3.C9H14O2.CH4O/c1-14-7-9(13)8-15-10(6-12)4-2-3-5-11;2*1-12-7-9(11)8-13-10-5-3-2-4-6-10;1-2-4-8(5-3-1)10-6-9-7-11-9;1-2/h5-6,9-10,13H,2-4,7-8H2,1H3;2*3,5,9-11H,2,4,6-8H2,1H3;2,4,8-9H,1,3,5-7H2;2H,1H3. The van der Waals surface area contributed by atoms with E-state index in [9.17, 15) is 24.9 Å². The van der Waals surface area contributed by atoms with Gasteiger partial charge in [0.2, 0.25) is 0 Å². The Balaban J connectivity index is 0.000000684. The summed E-state index contributed by atoms with van der Waals surface area (Å²) in [5.41, 5.74) is 0. The van der Waals surface area contributed by atoms with E-state index < -0.39 is 24.4 Å². The first-order valence-electron chi connectivity index (χ1n) is 19.3. The van der Waals surface area contributed by atoms with Gasteiger partial charge >= 0.3 is 0 Å². The highest BCUT2D eigenvalue weighted by Crippen LogP contribution is 2.17. The van der Waals surface area contributed by atoms with Gasteiger partial charge in [-0.15, -0.1) is 0 Å². The maximum Gasteiger partial charge on any atom is 0.148 e. The topological polar surface area (TPSA) is 192 Å². The number of rotatable bonds is 23. The predicted molar refractivity (Wildman–Crippen MR) is 205 cm³/mol. The first kappa shape index (κ1) is 52.1. The summed E-state index contributed by atoms with van der Waals surface area (Å²) in [5.74, 6) is 0. The third kappa shape index (κ3) is 32.3. The molecular weight excluding hydrogens is 704 g/mol. The fourth-order valence-corrected chi connectivity index (χ4v) is 5.17. The summed E-state index contributed by atoms with van der Waals surface area (Å²) in [7, 11) is 5.62. The van der Waals surface area contributed by atoms with Gasteiger partial charge in [-0.3, -0.25) is 0 Å². The predicted octanol–water partition coefficient (Wildman–Crippen LogP) is 3.30. The lowest BCUT2D eigenvalue weighted by molar-refractivity contribution is -0.121. The van der Waals surface area contributed by atoms with Gasteiger partial charge < -0.3 is 67.9 Å². The first-order chi connectivity index (χ1) is 26.3. The highest BCUT2D eigenvalue weighted by atomic mass is 16.6. The van der Waals surface area contributed by atoms with Crippen molar-refractivity contribution in [2.75, 3.05) is 81.3 Å². The summed E-state index contributed by atoms with van der Waals surface area (Å²) in [4.78, 5) is 20.6. The van der Waals surface area contributed by atoms with Crippen LogP contribution in [0.2, 0.25) is 0 Å². The maximum absolute atomic E-state index is 10.5. The number of epoxide rings is 1. The van der Waals surface area contributed by atoms with Gasteiger partial charge in [-0.25, -0.2) is 0 Å². The van der Waals surface area contributed by atoms with Gasteiger partial charge in [0, 0.05) is 34.9 Å². The highest BCUT2D eigenvalue weighted by Gasteiger charge is 2.24. The molecule has 0 aromatic rings. The summed E-state index contributed by atoms with van der Waals surface area (Å²) in [6, 6.07) is 0. The molecule has 1 saturated heterocycles. The van der Waals surface area contributed by atoms with Crippen LogP contribution in [0.4, 0.5) is 0 Å². The number of methoxy groups -OCH3 is 3. The molecule has 3 aliphatic carbocycles. The smallest absolute Gasteiger partial charge is 0.148 e. The molecular formula is C40H72O14. The largest absolute Gasteiger partial charge is 0.400 e. The Morgan fingerprint density at radius 2 is 1.09 bits per heavy atom. The van der Waals surface area contributed by atoms with E-state index in [1.165, 1.54) is 39.2 Å². The molecule has 0 saturated carbocycles. The summed E-state index contributed by atoms with van der Waals surface area (Å²) in [6.45, 7) is 3.35. The van der Waals surface area contributed by atoms with E-state index in [0.29, 0.717) is 64.2 Å². The molecule has 1 heterocycles. The molecule has 1 aliphatic heterocycles. The average molecular weight is 777 g/mol. The van der Waals surface area contributed by atoms with Crippen LogP contribution in [0.1, 0.15) is 77.0 Å². The van der Waals surface area contributed by atoms with E-state index in [1.807, 2.05) is 0 Å².